The SMILES string of the molecule is COCCOCCOCCOCCOCCOCCOCCOCCC[Si](C)(O[SiH2][Si](=O)[Si](=O)[Si](=O)[Si](=O)[Si](=O)[Si](=O)[Si](=O)[Si](=O)[Si](=O)[Si](=O)[Si](C)(CCC(F)(F)F)C(C)(C)C)[Si](O[SiH2]O)([SiH2]O)[SiH2]O. The minimum atomic E-state index is -4.65. The van der Waals surface area contributed by atoms with Crippen LogP contribution in [0.4, 0.5) is 13.2 Å². The van der Waals surface area contributed by atoms with Crippen molar-refractivity contribution in [2.75, 3.05) is 106 Å². The van der Waals surface area contributed by atoms with Crippen LogP contribution in [-0.2, 0) is 90.7 Å². The molecule has 2 unspecified atom stereocenters. The van der Waals surface area contributed by atoms with Crippen LogP contribution in [0.5, 0.6) is 0 Å². The van der Waals surface area contributed by atoms with Crippen LogP contribution in [0.25, 0.3) is 0 Å². The molecule has 0 heterocycles. The van der Waals surface area contributed by atoms with Crippen LogP contribution in [-0.4, -0.2) is 264 Å². The number of ether oxygens (including phenoxy) is 8. The quantitative estimate of drug-likeness (QED) is 0.0378. The Hall–Kier alpha value is 0.957. The second-order valence-corrected chi connectivity index (χ2v) is 106. The maximum absolute atomic E-state index is 13.5. The van der Waals surface area contributed by atoms with Gasteiger partial charge >= 0.3 is 83.4 Å². The first-order valence-corrected chi connectivity index (χ1v) is 64.3. The van der Waals surface area contributed by atoms with Gasteiger partial charge in [0.15, 0.2) is 26.4 Å². The average molecular weight is 1290 g/mol. The summed E-state index contributed by atoms with van der Waals surface area (Å²) in [6.45, 7) is 9.56. The van der Waals surface area contributed by atoms with Crippen LogP contribution < -0.4 is 0 Å². The van der Waals surface area contributed by atoms with Gasteiger partial charge in [-0.3, -0.25) is 0 Å². The Labute approximate surface area is 429 Å². The molecule has 70 heavy (non-hydrogen) atoms. The number of alkyl halides is 3. The number of hydrogen-bond acceptors (Lipinski definition) is 23. The Morgan fingerprint density at radius 2 is 0.829 bits per heavy atom. The number of methoxy groups -OCH3 is 1. The number of rotatable bonds is 45. The number of hydrogen-bond donors (Lipinski definition) is 3. The standard InChI is InChI=1S/C27H67F3O23Si17/c1-26(2,3)68(5,25-8-27(28,29)30)67(43)66(42)65(41)64(40)63(39)62(38)61(37)60(36)59(35)58(34)57-53-69(6,70(55-32,56-33)52-54-31)24-7-9-45-12-13-47-16-17-49-20-21-51-23-22-50-19-18-48-15-14-46-11-10-44-4/h31-33H,7-25,54-57H2,1-6H3. The average Bonchev–Trinajstić information content (AvgIpc) is 3.32. The normalized spacial score (nSPS) is 15.2. The van der Waals surface area contributed by atoms with E-state index in [1.165, 1.54) is 27.3 Å². The predicted molar refractivity (Wildman–Crippen MR) is 269 cm³/mol. The molecule has 0 aliphatic rings. The van der Waals surface area contributed by atoms with Crippen LogP contribution >= 0.6 is 0 Å². The molecule has 0 aromatic heterocycles. The summed E-state index contributed by atoms with van der Waals surface area (Å²) in [5, 5.41) is -1.05. The lowest BCUT2D eigenvalue weighted by atomic mass is 10.2. The molecule has 0 rings (SSSR count). The molecular formula is C27H67F3O23Si17. The van der Waals surface area contributed by atoms with E-state index >= 15 is 0 Å². The molecule has 0 radical (unpaired) electrons. The van der Waals surface area contributed by atoms with Crippen molar-refractivity contribution in [3.8, 4) is 0 Å². The van der Waals surface area contributed by atoms with E-state index in [2.05, 4.69) is 0 Å². The zero-order valence-corrected chi connectivity index (χ0v) is 59.1. The van der Waals surface area contributed by atoms with Gasteiger partial charge in [-0.25, -0.2) is 0 Å². The lowest BCUT2D eigenvalue weighted by Crippen LogP contribution is -2.74. The molecule has 0 fully saturated rings. The summed E-state index contributed by atoms with van der Waals surface area (Å²) in [7, 11) is -54.0. The zero-order chi connectivity index (χ0) is 53.6. The Balaban J connectivity index is 5.08. The fourth-order valence-corrected chi connectivity index (χ4v) is 180. The first-order chi connectivity index (χ1) is 32.8. The van der Waals surface area contributed by atoms with Gasteiger partial charge in [0.05, 0.1) is 92.5 Å². The molecule has 0 saturated heterocycles. The minimum absolute atomic E-state index is 0.166. The highest BCUT2D eigenvalue weighted by Gasteiger charge is 2.59. The highest BCUT2D eigenvalue weighted by Crippen LogP contribution is 2.41. The Morgan fingerprint density at radius 1 is 0.486 bits per heavy atom. The van der Waals surface area contributed by atoms with Gasteiger partial charge in [0.1, 0.15) is 7.59 Å². The van der Waals surface area contributed by atoms with Crippen LogP contribution in [0.15, 0.2) is 0 Å². The van der Waals surface area contributed by atoms with E-state index in [9.17, 15) is 72.2 Å². The first-order valence-electron chi connectivity index (χ1n) is 21.9. The number of halogens is 3. The molecule has 3 N–H and O–H groups in total. The summed E-state index contributed by atoms with van der Waals surface area (Å²) in [5.74, 6) is 0. The molecule has 23 nitrogen and oxygen atoms in total. The maximum Gasteiger partial charge on any atom is 0.388 e. The Kier molecular flexibility index (Phi) is 38.2. The predicted octanol–water partition coefficient (Wildman–Crippen LogP) is -5.68. The van der Waals surface area contributed by atoms with Crippen molar-refractivity contribution >= 4 is 137 Å². The Bertz CT molecular complexity index is 1770. The first kappa shape index (κ1) is 71.0. The van der Waals surface area contributed by atoms with Crippen molar-refractivity contribution < 1.29 is 118 Å². The van der Waals surface area contributed by atoms with Gasteiger partial charge in [0.25, 0.3) is 10.0 Å². The Morgan fingerprint density at radius 3 is 1.16 bits per heavy atom. The molecule has 0 bridgehead atoms. The smallest absolute Gasteiger partial charge is 0.388 e. The molecule has 0 amide bonds. The van der Waals surface area contributed by atoms with Crippen molar-refractivity contribution in [2.24, 2.45) is 0 Å². The fraction of sp³-hybridized carbons (Fsp3) is 1.00. The lowest BCUT2D eigenvalue weighted by Gasteiger charge is -2.42. The van der Waals surface area contributed by atoms with Gasteiger partial charge in [0, 0.05) is 20.1 Å². The topological polar surface area (TPSA) is 324 Å². The van der Waals surface area contributed by atoms with Crippen molar-refractivity contribution in [1.29, 1.82) is 0 Å². The molecule has 0 aromatic carbocycles. The zero-order valence-electron chi connectivity index (χ0n) is 40.4. The largest absolute Gasteiger partial charge is 0.458 e. The van der Waals surface area contributed by atoms with E-state index in [0.29, 0.717) is 85.7 Å². The van der Waals surface area contributed by atoms with Crippen LogP contribution in [0.1, 0.15) is 33.6 Å². The summed E-state index contributed by atoms with van der Waals surface area (Å²) in [6.07, 6.45) is -5.71. The van der Waals surface area contributed by atoms with Gasteiger partial charge in [0.2, 0.25) is 16.2 Å². The van der Waals surface area contributed by atoms with Gasteiger partial charge in [-0.15, -0.1) is 0 Å². The highest BCUT2D eigenvalue weighted by molar-refractivity contribution is 7.79. The molecule has 0 aliphatic carbocycles. The molecule has 2 atom stereocenters. The molecule has 0 aliphatic heterocycles. The van der Waals surface area contributed by atoms with Gasteiger partial charge in [-0.1, -0.05) is 27.3 Å². The molecule has 0 spiro atoms. The second-order valence-electron chi connectivity index (χ2n) is 16.6. The highest BCUT2D eigenvalue weighted by atomic mass is 30.1. The maximum atomic E-state index is 13.5. The van der Waals surface area contributed by atoms with E-state index < -0.39 is 161 Å². The minimum Gasteiger partial charge on any atom is -0.458 e. The summed E-state index contributed by atoms with van der Waals surface area (Å²) in [6, 6.07) is -0.451. The van der Waals surface area contributed by atoms with Crippen LogP contribution in [0.2, 0.25) is 30.2 Å². The van der Waals surface area contributed by atoms with Crippen molar-refractivity contribution in [3.63, 3.8) is 0 Å². The van der Waals surface area contributed by atoms with Crippen LogP contribution in [0.3, 0.4) is 0 Å². The monoisotopic (exact) mass is 1290 g/mol. The van der Waals surface area contributed by atoms with E-state index in [-0.39, 0.29) is 25.9 Å². The van der Waals surface area contributed by atoms with Crippen molar-refractivity contribution in [2.45, 2.75) is 70.0 Å². The molecular weight excluding hydrogens is 1230 g/mol. The van der Waals surface area contributed by atoms with E-state index in [1.54, 1.807) is 13.7 Å². The lowest BCUT2D eigenvalue weighted by molar-refractivity contribution is -0.130. The molecule has 43 heteroatoms. The van der Waals surface area contributed by atoms with E-state index in [0.717, 1.165) is 0 Å². The van der Waals surface area contributed by atoms with E-state index in [1.807, 2.05) is 0 Å². The fourth-order valence-electron chi connectivity index (χ4n) is 5.87. The second kappa shape index (κ2) is 37.7. The summed E-state index contributed by atoms with van der Waals surface area (Å²) in [4.78, 5) is 30.8. The van der Waals surface area contributed by atoms with Gasteiger partial charge in [-0.2, -0.15) is 13.2 Å². The molecule has 402 valence electrons. The molecule has 0 aromatic rings. The van der Waals surface area contributed by atoms with Crippen LogP contribution in [0, 0.1) is 0 Å². The third-order valence-corrected chi connectivity index (χ3v) is 152. The van der Waals surface area contributed by atoms with Crippen molar-refractivity contribution in [1.82, 2.24) is 0 Å². The summed E-state index contributed by atoms with van der Waals surface area (Å²) < 4.78 is 226. The van der Waals surface area contributed by atoms with Gasteiger partial charge in [-0.05, 0) is 30.1 Å². The third kappa shape index (κ3) is 25.9. The summed E-state index contributed by atoms with van der Waals surface area (Å²) >= 11 is 0. The molecule has 0 saturated carbocycles. The van der Waals surface area contributed by atoms with Crippen molar-refractivity contribution in [3.05, 3.63) is 0 Å². The van der Waals surface area contributed by atoms with Gasteiger partial charge < -0.3 is 105 Å². The third-order valence-electron chi connectivity index (χ3n) is 10.9. The van der Waals surface area contributed by atoms with E-state index in [4.69, 9.17) is 46.1 Å². The summed E-state index contributed by atoms with van der Waals surface area (Å²) in [5.41, 5.74) is 0.